The van der Waals surface area contributed by atoms with Crippen LogP contribution in [0.15, 0.2) is 29.6 Å². The Labute approximate surface area is 125 Å². The molecule has 3 rings (SSSR count). The van der Waals surface area contributed by atoms with Gasteiger partial charge in [-0.05, 0) is 29.1 Å². The van der Waals surface area contributed by atoms with Gasteiger partial charge in [-0.2, -0.15) is 5.26 Å². The minimum atomic E-state index is -0.161. The molecule has 0 fully saturated rings. The molecule has 1 aromatic carbocycles. The van der Waals surface area contributed by atoms with Crippen LogP contribution in [0.1, 0.15) is 11.1 Å². The fraction of sp³-hybridized carbons (Fsp3) is 0.200. The van der Waals surface area contributed by atoms with Gasteiger partial charge in [-0.1, -0.05) is 6.07 Å². The van der Waals surface area contributed by atoms with Gasteiger partial charge in [0.1, 0.15) is 24.3 Å². The van der Waals surface area contributed by atoms with Gasteiger partial charge in [0.25, 0.3) is 0 Å². The summed E-state index contributed by atoms with van der Waals surface area (Å²) in [4.78, 5) is 12.0. The third-order valence-corrected chi connectivity index (χ3v) is 3.84. The first-order chi connectivity index (χ1) is 10.3. The van der Waals surface area contributed by atoms with E-state index in [9.17, 15) is 4.79 Å². The van der Waals surface area contributed by atoms with Crippen molar-refractivity contribution in [2.75, 3.05) is 18.5 Å². The van der Waals surface area contributed by atoms with Gasteiger partial charge in [-0.15, -0.1) is 11.3 Å². The van der Waals surface area contributed by atoms with Crippen LogP contribution < -0.4 is 14.8 Å². The second-order valence-electron chi connectivity index (χ2n) is 4.48. The van der Waals surface area contributed by atoms with Gasteiger partial charge in [0, 0.05) is 0 Å². The largest absolute Gasteiger partial charge is 0.486 e. The Balaban J connectivity index is 1.69. The number of ether oxygens (including phenoxy) is 2. The van der Waals surface area contributed by atoms with Gasteiger partial charge in [-0.25, -0.2) is 0 Å². The second kappa shape index (κ2) is 5.85. The van der Waals surface area contributed by atoms with Gasteiger partial charge in [-0.3, -0.25) is 4.79 Å². The summed E-state index contributed by atoms with van der Waals surface area (Å²) in [5.41, 5.74) is 1.32. The predicted octanol–water partition coefficient (Wildman–Crippen LogP) is 2.57. The van der Waals surface area contributed by atoms with Crippen LogP contribution >= 0.6 is 11.3 Å². The van der Waals surface area contributed by atoms with E-state index in [1.807, 2.05) is 24.3 Å². The highest BCUT2D eigenvalue weighted by molar-refractivity contribution is 7.14. The second-order valence-corrected chi connectivity index (χ2v) is 5.39. The minimum absolute atomic E-state index is 0.161. The van der Waals surface area contributed by atoms with E-state index in [1.165, 1.54) is 11.3 Å². The average Bonchev–Trinajstić information content (AvgIpc) is 2.94. The number of carbonyl (C=O) groups is 1. The zero-order chi connectivity index (χ0) is 14.7. The number of nitrogens with zero attached hydrogens (tertiary/aromatic N) is 1. The molecule has 0 aliphatic carbocycles. The van der Waals surface area contributed by atoms with Crippen LogP contribution in [0.25, 0.3) is 0 Å². The Morgan fingerprint density at radius 1 is 1.29 bits per heavy atom. The molecule has 106 valence electrons. The summed E-state index contributed by atoms with van der Waals surface area (Å²) >= 11 is 1.34. The number of carbonyl (C=O) groups excluding carboxylic acids is 1. The van der Waals surface area contributed by atoms with Crippen molar-refractivity contribution in [2.45, 2.75) is 6.42 Å². The maximum atomic E-state index is 12.0. The third kappa shape index (κ3) is 2.98. The predicted molar refractivity (Wildman–Crippen MR) is 78.8 cm³/mol. The number of nitriles is 1. The number of anilines is 1. The van der Waals surface area contributed by atoms with Crippen molar-refractivity contribution >= 4 is 22.2 Å². The number of nitrogens with one attached hydrogen (secondary N) is 1. The molecule has 0 saturated heterocycles. The van der Waals surface area contributed by atoms with E-state index in [0.29, 0.717) is 35.3 Å². The van der Waals surface area contributed by atoms with E-state index in [2.05, 4.69) is 5.32 Å². The number of rotatable bonds is 3. The van der Waals surface area contributed by atoms with Crippen LogP contribution in [0.2, 0.25) is 0 Å². The van der Waals surface area contributed by atoms with Crippen LogP contribution in [-0.2, 0) is 11.2 Å². The highest BCUT2D eigenvalue weighted by Crippen LogP contribution is 2.31. The molecule has 6 heteroatoms. The molecule has 1 amide bonds. The van der Waals surface area contributed by atoms with Crippen molar-refractivity contribution in [1.82, 2.24) is 0 Å². The van der Waals surface area contributed by atoms with E-state index in [0.717, 1.165) is 5.56 Å². The molecule has 1 aromatic heterocycles. The van der Waals surface area contributed by atoms with E-state index < -0.39 is 0 Å². The van der Waals surface area contributed by atoms with Crippen LogP contribution in [0.4, 0.5) is 5.00 Å². The van der Waals surface area contributed by atoms with E-state index in [1.54, 1.807) is 11.4 Å². The van der Waals surface area contributed by atoms with Crippen LogP contribution in [0.5, 0.6) is 11.5 Å². The third-order valence-electron chi connectivity index (χ3n) is 3.01. The first-order valence-electron chi connectivity index (χ1n) is 6.42. The van der Waals surface area contributed by atoms with Crippen molar-refractivity contribution in [2.24, 2.45) is 0 Å². The summed E-state index contributed by atoms with van der Waals surface area (Å²) in [7, 11) is 0. The SMILES string of the molecule is N#Cc1ccsc1NC(=O)Cc1ccc2c(c1)OCCO2. The van der Waals surface area contributed by atoms with Gasteiger partial charge in [0.15, 0.2) is 11.5 Å². The molecular formula is C15H12N2O3S. The van der Waals surface area contributed by atoms with E-state index in [4.69, 9.17) is 14.7 Å². The molecule has 21 heavy (non-hydrogen) atoms. The van der Waals surface area contributed by atoms with Crippen molar-refractivity contribution in [1.29, 1.82) is 5.26 Å². The zero-order valence-electron chi connectivity index (χ0n) is 11.1. The Morgan fingerprint density at radius 3 is 2.90 bits per heavy atom. The molecule has 0 atom stereocenters. The summed E-state index contributed by atoms with van der Waals surface area (Å²) in [5.74, 6) is 1.21. The number of fused-ring (bicyclic) bond motifs is 1. The Morgan fingerprint density at radius 2 is 2.10 bits per heavy atom. The Kier molecular flexibility index (Phi) is 3.75. The molecule has 0 unspecified atom stereocenters. The highest BCUT2D eigenvalue weighted by Gasteiger charge is 2.14. The highest BCUT2D eigenvalue weighted by atomic mass is 32.1. The lowest BCUT2D eigenvalue weighted by atomic mass is 10.1. The maximum absolute atomic E-state index is 12.0. The fourth-order valence-corrected chi connectivity index (χ4v) is 2.80. The quantitative estimate of drug-likeness (QED) is 0.945. The molecule has 1 N–H and O–H groups in total. The number of benzene rings is 1. The van der Waals surface area contributed by atoms with Gasteiger partial charge in [0.2, 0.25) is 5.91 Å². The van der Waals surface area contributed by atoms with Crippen molar-refractivity contribution < 1.29 is 14.3 Å². The molecule has 0 radical (unpaired) electrons. The molecule has 5 nitrogen and oxygen atoms in total. The normalized spacial score (nSPS) is 12.5. The monoisotopic (exact) mass is 300 g/mol. The smallest absolute Gasteiger partial charge is 0.229 e. The standard InChI is InChI=1S/C15H12N2O3S/c16-9-11-3-6-21-15(11)17-14(18)8-10-1-2-12-13(7-10)20-5-4-19-12/h1-3,6-7H,4-5,8H2,(H,17,18). The van der Waals surface area contributed by atoms with Gasteiger partial charge in [0.05, 0.1) is 12.0 Å². The fourth-order valence-electron chi connectivity index (χ4n) is 2.05. The van der Waals surface area contributed by atoms with Crippen molar-refractivity contribution in [3.8, 4) is 17.6 Å². The molecule has 1 aliphatic heterocycles. The molecule has 1 aliphatic rings. The average molecular weight is 300 g/mol. The summed E-state index contributed by atoms with van der Waals surface area (Å²) < 4.78 is 10.9. The van der Waals surface area contributed by atoms with E-state index in [-0.39, 0.29) is 12.3 Å². The van der Waals surface area contributed by atoms with Crippen LogP contribution in [0, 0.1) is 11.3 Å². The summed E-state index contributed by atoms with van der Waals surface area (Å²) in [6.45, 7) is 1.06. The van der Waals surface area contributed by atoms with E-state index >= 15 is 0 Å². The minimum Gasteiger partial charge on any atom is -0.486 e. The molecule has 0 saturated carbocycles. The number of hydrogen-bond donors (Lipinski definition) is 1. The molecule has 2 heterocycles. The summed E-state index contributed by atoms with van der Waals surface area (Å²) in [6, 6.07) is 9.19. The van der Waals surface area contributed by atoms with Crippen LogP contribution in [0.3, 0.4) is 0 Å². The maximum Gasteiger partial charge on any atom is 0.229 e. The Hall–Kier alpha value is -2.52. The lowest BCUT2D eigenvalue weighted by Crippen LogP contribution is -2.17. The van der Waals surface area contributed by atoms with Crippen LogP contribution in [-0.4, -0.2) is 19.1 Å². The van der Waals surface area contributed by atoms with Crippen molar-refractivity contribution in [3.05, 3.63) is 40.8 Å². The number of thiophene rings is 1. The lowest BCUT2D eigenvalue weighted by Gasteiger charge is -2.18. The number of hydrogen-bond acceptors (Lipinski definition) is 5. The number of amides is 1. The zero-order valence-corrected chi connectivity index (χ0v) is 11.9. The lowest BCUT2D eigenvalue weighted by molar-refractivity contribution is -0.115. The van der Waals surface area contributed by atoms with Crippen molar-refractivity contribution in [3.63, 3.8) is 0 Å². The molecule has 0 bridgehead atoms. The molecular weight excluding hydrogens is 288 g/mol. The topological polar surface area (TPSA) is 71.4 Å². The Bertz CT molecular complexity index is 718. The first kappa shape index (κ1) is 13.5. The van der Waals surface area contributed by atoms with Gasteiger partial charge >= 0.3 is 0 Å². The van der Waals surface area contributed by atoms with Gasteiger partial charge < -0.3 is 14.8 Å². The molecule has 2 aromatic rings. The summed E-state index contributed by atoms with van der Waals surface area (Å²) in [5, 5.41) is 14.0. The summed E-state index contributed by atoms with van der Waals surface area (Å²) in [6.07, 6.45) is 0.222. The first-order valence-corrected chi connectivity index (χ1v) is 7.30. The molecule has 0 spiro atoms.